The fraction of sp³-hybridized carbons (Fsp3) is 0.405. The summed E-state index contributed by atoms with van der Waals surface area (Å²) in [6.45, 7) is 12.8. The van der Waals surface area contributed by atoms with Crippen LogP contribution >= 0.6 is 0 Å². The number of benzene rings is 3. The van der Waals surface area contributed by atoms with Gasteiger partial charge in [0.2, 0.25) is 0 Å². The van der Waals surface area contributed by atoms with Crippen LogP contribution in [0, 0.1) is 10.8 Å². The zero-order valence-corrected chi connectivity index (χ0v) is 30.9. The van der Waals surface area contributed by atoms with Gasteiger partial charge in [0.1, 0.15) is 23.0 Å². The SMILES string of the molecule is CC1(NCC(O)c2cc(OC(=O)c3ccc(OC(=O)C(C)(C)C)cc3)cc(OC(=O)c3ccc(OC(=O)C(C)(C)C)cc3)c2)CCC1.O=S(=O)(O)O. The molecule has 1 aliphatic carbocycles. The molecule has 0 bridgehead atoms. The third-order valence-electron chi connectivity index (χ3n) is 7.71. The number of hydrogen-bond acceptors (Lipinski definition) is 12. The summed E-state index contributed by atoms with van der Waals surface area (Å²) in [5.74, 6) is -1.56. The molecule has 0 aliphatic heterocycles. The van der Waals surface area contributed by atoms with Crippen LogP contribution in [0.15, 0.2) is 66.7 Å². The minimum Gasteiger partial charge on any atom is -0.426 e. The predicted molar refractivity (Wildman–Crippen MR) is 189 cm³/mol. The Hall–Kier alpha value is -4.67. The lowest BCUT2D eigenvalue weighted by Crippen LogP contribution is -2.49. The standard InChI is InChI=1S/C37H43NO9.H2O4S/c1-35(2,3)33(42)46-26-13-9-23(10-14-26)31(40)44-28-19-25(30(39)22-38-37(7)17-8-18-37)20-29(21-28)45-32(41)24-11-15-27(16-12-24)47-34(43)36(4,5)6;1-5(2,3)4/h9-16,19-21,30,38-39H,8,17-18,22H2,1-7H3;(H2,1,2,3,4). The molecular formula is C37H45NO13S. The minimum absolute atomic E-state index is 0.0527. The molecule has 3 aromatic carbocycles. The van der Waals surface area contributed by atoms with Gasteiger partial charge in [-0.2, -0.15) is 8.42 Å². The van der Waals surface area contributed by atoms with Gasteiger partial charge in [0, 0.05) is 18.2 Å². The van der Waals surface area contributed by atoms with Crippen molar-refractivity contribution in [1.82, 2.24) is 5.32 Å². The molecule has 0 saturated heterocycles. The number of hydrogen-bond donors (Lipinski definition) is 4. The summed E-state index contributed by atoms with van der Waals surface area (Å²) in [6.07, 6.45) is 2.13. The van der Waals surface area contributed by atoms with E-state index in [9.17, 15) is 24.3 Å². The summed E-state index contributed by atoms with van der Waals surface area (Å²) in [5, 5.41) is 14.4. The number of ether oxygens (including phenoxy) is 4. The smallest absolute Gasteiger partial charge is 0.394 e. The highest BCUT2D eigenvalue weighted by Crippen LogP contribution is 2.33. The van der Waals surface area contributed by atoms with E-state index in [2.05, 4.69) is 12.2 Å². The van der Waals surface area contributed by atoms with E-state index in [1.54, 1.807) is 41.5 Å². The Kier molecular flexibility index (Phi) is 13.5. The molecule has 1 fully saturated rings. The van der Waals surface area contributed by atoms with Gasteiger partial charge in [-0.25, -0.2) is 9.59 Å². The molecule has 1 unspecified atom stereocenters. The Labute approximate surface area is 303 Å². The first-order chi connectivity index (χ1) is 23.9. The fourth-order valence-corrected chi connectivity index (χ4v) is 4.42. The highest BCUT2D eigenvalue weighted by Gasteiger charge is 2.32. The van der Waals surface area contributed by atoms with Crippen LogP contribution in [-0.4, -0.2) is 58.6 Å². The van der Waals surface area contributed by atoms with Crippen molar-refractivity contribution in [3.63, 3.8) is 0 Å². The maximum atomic E-state index is 13.1. The second kappa shape index (κ2) is 16.8. The number of β-amino-alcohol motifs (C(OH)–C–C–N with tert-alkyl or cyclic N) is 1. The Morgan fingerprint density at radius 1 is 0.692 bits per heavy atom. The summed E-state index contributed by atoms with van der Waals surface area (Å²) in [4.78, 5) is 50.5. The van der Waals surface area contributed by atoms with Crippen LogP contribution in [0.3, 0.4) is 0 Å². The normalized spacial score (nSPS) is 14.4. The Morgan fingerprint density at radius 3 is 1.37 bits per heavy atom. The van der Waals surface area contributed by atoms with Crippen molar-refractivity contribution >= 4 is 34.3 Å². The van der Waals surface area contributed by atoms with Gasteiger partial charge in [-0.05, 0) is 134 Å². The van der Waals surface area contributed by atoms with Gasteiger partial charge < -0.3 is 29.4 Å². The van der Waals surface area contributed by atoms with Gasteiger partial charge in [0.25, 0.3) is 0 Å². The number of aliphatic hydroxyl groups excluding tert-OH is 1. The average Bonchev–Trinajstić information content (AvgIpc) is 3.01. The molecule has 1 atom stereocenters. The van der Waals surface area contributed by atoms with E-state index in [0.717, 1.165) is 19.3 Å². The van der Waals surface area contributed by atoms with Crippen molar-refractivity contribution in [2.45, 2.75) is 79.4 Å². The molecule has 0 heterocycles. The zero-order valence-electron chi connectivity index (χ0n) is 30.1. The molecule has 0 spiro atoms. The Bertz CT molecular complexity index is 1740. The van der Waals surface area contributed by atoms with E-state index >= 15 is 0 Å². The number of aliphatic hydroxyl groups is 1. The molecule has 1 aliphatic rings. The largest absolute Gasteiger partial charge is 0.426 e. The zero-order chi connectivity index (χ0) is 39.1. The van der Waals surface area contributed by atoms with Crippen LogP contribution in [0.4, 0.5) is 0 Å². The second-order valence-electron chi connectivity index (χ2n) is 14.6. The topological polar surface area (TPSA) is 212 Å². The van der Waals surface area contributed by atoms with Crippen LogP contribution in [0.1, 0.15) is 100 Å². The van der Waals surface area contributed by atoms with Crippen molar-refractivity contribution in [3.05, 3.63) is 83.4 Å². The monoisotopic (exact) mass is 743 g/mol. The van der Waals surface area contributed by atoms with Crippen LogP contribution < -0.4 is 24.3 Å². The molecule has 3 aromatic rings. The van der Waals surface area contributed by atoms with Crippen molar-refractivity contribution in [1.29, 1.82) is 0 Å². The number of rotatable bonds is 10. The Balaban J connectivity index is 0.00000136. The highest BCUT2D eigenvalue weighted by atomic mass is 32.3. The van der Waals surface area contributed by atoms with E-state index in [4.69, 9.17) is 36.5 Å². The van der Waals surface area contributed by atoms with Crippen molar-refractivity contribution in [3.8, 4) is 23.0 Å². The molecule has 4 rings (SSSR count). The lowest BCUT2D eigenvalue weighted by atomic mass is 9.78. The summed E-state index contributed by atoms with van der Waals surface area (Å²) in [6, 6.07) is 16.3. The molecule has 15 heteroatoms. The predicted octanol–water partition coefficient (Wildman–Crippen LogP) is 5.94. The van der Waals surface area contributed by atoms with Gasteiger partial charge >= 0.3 is 34.3 Å². The number of carbonyl (C=O) groups is 4. The van der Waals surface area contributed by atoms with Crippen LogP contribution in [0.5, 0.6) is 23.0 Å². The maximum absolute atomic E-state index is 13.1. The van der Waals surface area contributed by atoms with E-state index in [1.807, 2.05) is 0 Å². The van der Waals surface area contributed by atoms with Crippen molar-refractivity contribution in [2.75, 3.05) is 6.54 Å². The lowest BCUT2D eigenvalue weighted by molar-refractivity contribution is -0.143. The van der Waals surface area contributed by atoms with Crippen LogP contribution in [0.25, 0.3) is 0 Å². The van der Waals surface area contributed by atoms with Gasteiger partial charge in [-0.3, -0.25) is 18.7 Å². The molecular weight excluding hydrogens is 698 g/mol. The molecule has 0 amide bonds. The molecule has 52 heavy (non-hydrogen) atoms. The summed E-state index contributed by atoms with van der Waals surface area (Å²) >= 11 is 0. The first-order valence-electron chi connectivity index (χ1n) is 16.3. The van der Waals surface area contributed by atoms with E-state index < -0.39 is 51.2 Å². The summed E-state index contributed by atoms with van der Waals surface area (Å²) < 4.78 is 53.6. The van der Waals surface area contributed by atoms with Crippen LogP contribution in [-0.2, 0) is 20.0 Å². The number of carbonyl (C=O) groups excluding carboxylic acids is 4. The summed E-state index contributed by atoms with van der Waals surface area (Å²) in [5.41, 5.74) is -0.675. The molecule has 4 N–H and O–H groups in total. The van der Waals surface area contributed by atoms with E-state index in [1.165, 1.54) is 66.7 Å². The third-order valence-corrected chi connectivity index (χ3v) is 7.71. The van der Waals surface area contributed by atoms with Crippen molar-refractivity contribution < 1.29 is 60.8 Å². The van der Waals surface area contributed by atoms with E-state index in [0.29, 0.717) is 5.56 Å². The van der Waals surface area contributed by atoms with Gasteiger partial charge in [-0.15, -0.1) is 0 Å². The number of nitrogens with one attached hydrogen (secondary N) is 1. The van der Waals surface area contributed by atoms with E-state index in [-0.39, 0.29) is 46.2 Å². The molecule has 14 nitrogen and oxygen atoms in total. The second-order valence-corrected chi connectivity index (χ2v) is 15.5. The minimum atomic E-state index is -4.67. The third kappa shape index (κ3) is 13.5. The maximum Gasteiger partial charge on any atom is 0.394 e. The van der Waals surface area contributed by atoms with Gasteiger partial charge in [0.05, 0.1) is 28.1 Å². The number of esters is 4. The lowest BCUT2D eigenvalue weighted by Gasteiger charge is -2.40. The molecule has 1 saturated carbocycles. The molecule has 0 radical (unpaired) electrons. The molecule has 0 aromatic heterocycles. The summed E-state index contributed by atoms with van der Waals surface area (Å²) in [7, 11) is -4.67. The molecule has 282 valence electrons. The van der Waals surface area contributed by atoms with Gasteiger partial charge in [-0.1, -0.05) is 0 Å². The average molecular weight is 744 g/mol. The first kappa shape index (κ1) is 41.7. The van der Waals surface area contributed by atoms with Crippen LogP contribution in [0.2, 0.25) is 0 Å². The fourth-order valence-electron chi connectivity index (χ4n) is 4.42. The first-order valence-corrected chi connectivity index (χ1v) is 17.7. The van der Waals surface area contributed by atoms with Crippen molar-refractivity contribution in [2.24, 2.45) is 10.8 Å². The quantitative estimate of drug-likeness (QED) is 0.108. The van der Waals surface area contributed by atoms with Gasteiger partial charge in [0.15, 0.2) is 0 Å². The highest BCUT2D eigenvalue weighted by molar-refractivity contribution is 7.79. The Morgan fingerprint density at radius 2 is 1.06 bits per heavy atom.